The lowest BCUT2D eigenvalue weighted by Gasteiger charge is -2.20. The standard InChI is InChI=1S/C17H21NO4S/c1-3-18(4-2)13-15-16(19)11-8-12-17(15)22-23(20,21)14-9-6-5-7-10-14/h5-12,19H,3-4,13H2,1-2H3. The first kappa shape index (κ1) is 17.3. The molecule has 6 heteroatoms. The number of hydrogen-bond donors (Lipinski definition) is 1. The van der Waals surface area contributed by atoms with Crippen molar-refractivity contribution in [1.29, 1.82) is 0 Å². The number of nitrogens with zero attached hydrogens (tertiary/aromatic N) is 1. The fraction of sp³-hybridized carbons (Fsp3) is 0.294. The van der Waals surface area contributed by atoms with Crippen LogP contribution in [0.4, 0.5) is 0 Å². The Morgan fingerprint density at radius 2 is 1.65 bits per heavy atom. The van der Waals surface area contributed by atoms with Gasteiger partial charge in [-0.3, -0.25) is 4.90 Å². The molecule has 0 aliphatic rings. The number of phenolic OH excluding ortho intramolecular Hbond substituents is 1. The highest BCUT2D eigenvalue weighted by atomic mass is 32.2. The van der Waals surface area contributed by atoms with Crippen LogP contribution in [0.15, 0.2) is 53.4 Å². The van der Waals surface area contributed by atoms with E-state index in [1.54, 1.807) is 30.3 Å². The molecule has 0 amide bonds. The Morgan fingerprint density at radius 1 is 1.00 bits per heavy atom. The van der Waals surface area contributed by atoms with Crippen LogP contribution in [0.2, 0.25) is 0 Å². The highest BCUT2D eigenvalue weighted by molar-refractivity contribution is 7.87. The zero-order valence-electron chi connectivity index (χ0n) is 13.3. The van der Waals surface area contributed by atoms with Gasteiger partial charge in [0.2, 0.25) is 0 Å². The monoisotopic (exact) mass is 335 g/mol. The Kier molecular flexibility index (Phi) is 5.63. The highest BCUT2D eigenvalue weighted by Gasteiger charge is 2.20. The molecular formula is C17H21NO4S. The molecule has 0 aliphatic carbocycles. The van der Waals surface area contributed by atoms with E-state index in [-0.39, 0.29) is 16.4 Å². The molecule has 2 aromatic carbocycles. The zero-order chi connectivity index (χ0) is 16.9. The number of rotatable bonds is 7. The van der Waals surface area contributed by atoms with Gasteiger partial charge < -0.3 is 9.29 Å². The summed E-state index contributed by atoms with van der Waals surface area (Å²) in [6, 6.07) is 12.6. The van der Waals surface area contributed by atoms with Crippen LogP contribution in [0.25, 0.3) is 0 Å². The van der Waals surface area contributed by atoms with Crippen molar-refractivity contribution in [3.63, 3.8) is 0 Å². The first-order valence-electron chi connectivity index (χ1n) is 7.50. The number of phenols is 1. The van der Waals surface area contributed by atoms with E-state index in [4.69, 9.17) is 4.18 Å². The van der Waals surface area contributed by atoms with Gasteiger partial charge in [-0.1, -0.05) is 38.1 Å². The first-order valence-corrected chi connectivity index (χ1v) is 8.91. The van der Waals surface area contributed by atoms with Gasteiger partial charge in [-0.2, -0.15) is 8.42 Å². The Morgan fingerprint density at radius 3 is 2.26 bits per heavy atom. The number of benzene rings is 2. The molecule has 23 heavy (non-hydrogen) atoms. The second kappa shape index (κ2) is 7.48. The van der Waals surface area contributed by atoms with Crippen LogP contribution in [-0.2, 0) is 16.7 Å². The van der Waals surface area contributed by atoms with Gasteiger partial charge in [0.15, 0.2) is 5.75 Å². The van der Waals surface area contributed by atoms with E-state index in [0.717, 1.165) is 13.1 Å². The molecule has 0 unspecified atom stereocenters. The number of aromatic hydroxyl groups is 1. The van der Waals surface area contributed by atoms with E-state index in [0.29, 0.717) is 12.1 Å². The van der Waals surface area contributed by atoms with Gasteiger partial charge in [0.05, 0.1) is 5.56 Å². The molecule has 2 aromatic rings. The minimum Gasteiger partial charge on any atom is -0.507 e. The lowest BCUT2D eigenvalue weighted by molar-refractivity contribution is 0.287. The molecule has 0 fully saturated rings. The predicted octanol–water partition coefficient (Wildman–Crippen LogP) is 3.00. The second-order valence-electron chi connectivity index (χ2n) is 5.07. The van der Waals surface area contributed by atoms with Crippen molar-refractivity contribution in [2.45, 2.75) is 25.3 Å². The van der Waals surface area contributed by atoms with E-state index in [1.165, 1.54) is 18.2 Å². The van der Waals surface area contributed by atoms with Crippen LogP contribution in [-0.4, -0.2) is 31.5 Å². The van der Waals surface area contributed by atoms with Crippen LogP contribution in [0, 0.1) is 0 Å². The molecule has 0 atom stereocenters. The Balaban J connectivity index is 2.35. The summed E-state index contributed by atoms with van der Waals surface area (Å²) in [5, 5.41) is 10.1. The fourth-order valence-electron chi connectivity index (χ4n) is 2.22. The van der Waals surface area contributed by atoms with Crippen molar-refractivity contribution in [3.8, 4) is 11.5 Å². The third kappa shape index (κ3) is 4.24. The summed E-state index contributed by atoms with van der Waals surface area (Å²) in [7, 11) is -3.93. The van der Waals surface area contributed by atoms with Crippen LogP contribution in [0.5, 0.6) is 11.5 Å². The smallest absolute Gasteiger partial charge is 0.339 e. The van der Waals surface area contributed by atoms with Gasteiger partial charge in [-0.05, 0) is 37.4 Å². The molecule has 0 spiro atoms. The quantitative estimate of drug-likeness (QED) is 0.788. The van der Waals surface area contributed by atoms with E-state index in [9.17, 15) is 13.5 Å². The first-order chi connectivity index (χ1) is 11.0. The normalized spacial score (nSPS) is 11.6. The van der Waals surface area contributed by atoms with Crippen molar-refractivity contribution >= 4 is 10.1 Å². The van der Waals surface area contributed by atoms with Crippen LogP contribution < -0.4 is 4.18 Å². The van der Waals surface area contributed by atoms with E-state index in [2.05, 4.69) is 4.90 Å². The summed E-state index contributed by atoms with van der Waals surface area (Å²) in [6.45, 7) is 6.00. The second-order valence-corrected chi connectivity index (χ2v) is 6.61. The largest absolute Gasteiger partial charge is 0.507 e. The summed E-state index contributed by atoms with van der Waals surface area (Å²) >= 11 is 0. The maximum atomic E-state index is 12.4. The van der Waals surface area contributed by atoms with Crippen molar-refractivity contribution < 1.29 is 17.7 Å². The molecule has 0 saturated heterocycles. The average molecular weight is 335 g/mol. The Hall–Kier alpha value is -2.05. The third-order valence-corrected chi connectivity index (χ3v) is 4.86. The Bertz CT molecular complexity index is 740. The van der Waals surface area contributed by atoms with Crippen LogP contribution in [0.1, 0.15) is 19.4 Å². The minimum absolute atomic E-state index is 0.0256. The maximum absolute atomic E-state index is 12.4. The van der Waals surface area contributed by atoms with E-state index >= 15 is 0 Å². The van der Waals surface area contributed by atoms with Crippen molar-refractivity contribution in [2.75, 3.05) is 13.1 Å². The molecule has 0 heterocycles. The predicted molar refractivity (Wildman–Crippen MR) is 89.0 cm³/mol. The van der Waals surface area contributed by atoms with Gasteiger partial charge in [-0.25, -0.2) is 0 Å². The summed E-state index contributed by atoms with van der Waals surface area (Å²) in [4.78, 5) is 2.15. The maximum Gasteiger partial charge on any atom is 0.339 e. The molecule has 0 saturated carbocycles. The van der Waals surface area contributed by atoms with E-state index < -0.39 is 10.1 Å². The molecule has 0 radical (unpaired) electrons. The van der Waals surface area contributed by atoms with Crippen LogP contribution >= 0.6 is 0 Å². The zero-order valence-corrected chi connectivity index (χ0v) is 14.1. The van der Waals surface area contributed by atoms with Gasteiger partial charge >= 0.3 is 10.1 Å². The molecule has 5 nitrogen and oxygen atoms in total. The van der Waals surface area contributed by atoms with E-state index in [1.807, 2.05) is 13.8 Å². The van der Waals surface area contributed by atoms with Gasteiger partial charge in [-0.15, -0.1) is 0 Å². The fourth-order valence-corrected chi connectivity index (χ4v) is 3.19. The molecule has 1 N–H and O–H groups in total. The summed E-state index contributed by atoms with van der Waals surface area (Å²) < 4.78 is 30.0. The van der Waals surface area contributed by atoms with Crippen LogP contribution in [0.3, 0.4) is 0 Å². The van der Waals surface area contributed by atoms with Gasteiger partial charge in [0, 0.05) is 6.54 Å². The van der Waals surface area contributed by atoms with Crippen molar-refractivity contribution in [2.24, 2.45) is 0 Å². The summed E-state index contributed by atoms with van der Waals surface area (Å²) in [5.41, 5.74) is 0.468. The number of hydrogen-bond acceptors (Lipinski definition) is 5. The topological polar surface area (TPSA) is 66.8 Å². The highest BCUT2D eigenvalue weighted by Crippen LogP contribution is 2.31. The van der Waals surface area contributed by atoms with Gasteiger partial charge in [0.1, 0.15) is 10.6 Å². The summed E-state index contributed by atoms with van der Waals surface area (Å²) in [6.07, 6.45) is 0. The minimum atomic E-state index is -3.93. The molecule has 124 valence electrons. The third-order valence-electron chi connectivity index (χ3n) is 3.62. The lowest BCUT2D eigenvalue weighted by atomic mass is 10.1. The van der Waals surface area contributed by atoms with Crippen molar-refractivity contribution in [3.05, 3.63) is 54.1 Å². The van der Waals surface area contributed by atoms with Crippen molar-refractivity contribution in [1.82, 2.24) is 4.90 Å². The average Bonchev–Trinajstić information content (AvgIpc) is 2.55. The Labute approximate surface area is 137 Å². The lowest BCUT2D eigenvalue weighted by Crippen LogP contribution is -2.23. The molecule has 0 aromatic heterocycles. The summed E-state index contributed by atoms with van der Waals surface area (Å²) in [5.74, 6) is 0.179. The SMILES string of the molecule is CCN(CC)Cc1c(O)cccc1OS(=O)(=O)c1ccccc1. The van der Waals surface area contributed by atoms with Gasteiger partial charge in [0.25, 0.3) is 0 Å². The molecule has 0 aliphatic heterocycles. The molecule has 0 bridgehead atoms. The molecular weight excluding hydrogens is 314 g/mol. The molecule has 2 rings (SSSR count).